The van der Waals surface area contributed by atoms with Crippen molar-refractivity contribution in [3.63, 3.8) is 0 Å². The highest BCUT2D eigenvalue weighted by molar-refractivity contribution is 14.1. The van der Waals surface area contributed by atoms with Gasteiger partial charge in [0.05, 0.1) is 6.04 Å². The summed E-state index contributed by atoms with van der Waals surface area (Å²) in [5.74, 6) is 5.74. The first-order valence-electron chi connectivity index (χ1n) is 5.40. The van der Waals surface area contributed by atoms with Crippen LogP contribution < -0.4 is 11.3 Å². The largest absolute Gasteiger partial charge is 0.271 e. The monoisotopic (exact) mass is 358 g/mol. The zero-order chi connectivity index (χ0) is 12.4. The lowest BCUT2D eigenvalue weighted by Gasteiger charge is -2.19. The number of hydrogen-bond donors (Lipinski definition) is 2. The summed E-state index contributed by atoms with van der Waals surface area (Å²) in [5.41, 5.74) is 6.73. The first kappa shape index (κ1) is 13.0. The van der Waals surface area contributed by atoms with Crippen molar-refractivity contribution in [2.24, 2.45) is 5.84 Å². The maximum absolute atomic E-state index is 5.74. The number of thiophene rings is 1. The molecule has 0 aliphatic carbocycles. The molecule has 2 aromatic rings. The van der Waals surface area contributed by atoms with Crippen LogP contribution in [-0.2, 0) is 0 Å². The van der Waals surface area contributed by atoms with Crippen LogP contribution in [0.5, 0.6) is 0 Å². The second-order valence-corrected chi connectivity index (χ2v) is 6.21. The number of halogens is 1. The van der Waals surface area contributed by atoms with Gasteiger partial charge in [-0.3, -0.25) is 5.84 Å². The third-order valence-corrected chi connectivity index (χ3v) is 5.24. The number of nitrogens with one attached hydrogen (secondary N) is 1. The molecule has 0 saturated carbocycles. The zero-order valence-corrected chi connectivity index (χ0v) is 12.8. The molecule has 0 aliphatic rings. The molecule has 0 saturated heterocycles. The lowest BCUT2D eigenvalue weighted by molar-refractivity contribution is 0.633. The van der Waals surface area contributed by atoms with Crippen LogP contribution in [0, 0.1) is 17.4 Å². The van der Waals surface area contributed by atoms with E-state index in [0.29, 0.717) is 0 Å². The Morgan fingerprint density at radius 2 is 2.00 bits per heavy atom. The molecule has 0 aliphatic heterocycles. The van der Waals surface area contributed by atoms with Gasteiger partial charge in [0.15, 0.2) is 0 Å². The Balaban J connectivity index is 2.50. The molecule has 0 fully saturated rings. The van der Waals surface area contributed by atoms with Gasteiger partial charge in [0, 0.05) is 8.45 Å². The highest BCUT2D eigenvalue weighted by atomic mass is 127. The quantitative estimate of drug-likeness (QED) is 0.501. The Labute approximate surface area is 119 Å². The summed E-state index contributed by atoms with van der Waals surface area (Å²) >= 11 is 4.14. The second kappa shape index (κ2) is 5.48. The van der Waals surface area contributed by atoms with E-state index in [-0.39, 0.29) is 6.04 Å². The molecule has 0 spiro atoms. The Kier molecular flexibility index (Phi) is 4.19. The van der Waals surface area contributed by atoms with Crippen LogP contribution in [0.4, 0.5) is 0 Å². The molecular weight excluding hydrogens is 343 g/mol. The summed E-state index contributed by atoms with van der Waals surface area (Å²) in [6.45, 7) is 4.26. The molecule has 1 aromatic heterocycles. The lowest BCUT2D eigenvalue weighted by atomic mass is 9.98. The fraction of sp³-hybridized carbons (Fsp3) is 0.231. The highest BCUT2D eigenvalue weighted by Gasteiger charge is 2.18. The van der Waals surface area contributed by atoms with E-state index in [0.717, 1.165) is 0 Å². The number of aryl methyl sites for hydroxylation is 2. The molecule has 3 N–H and O–H groups in total. The van der Waals surface area contributed by atoms with Gasteiger partial charge in [0.2, 0.25) is 0 Å². The number of hydrogen-bond acceptors (Lipinski definition) is 3. The summed E-state index contributed by atoms with van der Waals surface area (Å²) in [6.07, 6.45) is 0. The minimum Gasteiger partial charge on any atom is -0.271 e. The van der Waals surface area contributed by atoms with Crippen LogP contribution in [0.3, 0.4) is 0 Å². The third kappa shape index (κ3) is 2.54. The average molecular weight is 358 g/mol. The van der Waals surface area contributed by atoms with Crippen molar-refractivity contribution < 1.29 is 0 Å². The van der Waals surface area contributed by atoms with E-state index in [1.165, 1.54) is 25.1 Å². The van der Waals surface area contributed by atoms with Gasteiger partial charge in [-0.15, -0.1) is 11.3 Å². The van der Waals surface area contributed by atoms with E-state index >= 15 is 0 Å². The summed E-state index contributed by atoms with van der Waals surface area (Å²) < 4.78 is 1.28. The third-order valence-electron chi connectivity index (χ3n) is 2.91. The summed E-state index contributed by atoms with van der Waals surface area (Å²) in [6, 6.07) is 8.56. The van der Waals surface area contributed by atoms with Gasteiger partial charge in [0.1, 0.15) is 0 Å². The second-order valence-electron chi connectivity index (χ2n) is 4.01. The minimum absolute atomic E-state index is 0.0769. The standard InChI is InChI=1S/C13H15IN2S/c1-8-4-3-5-11(12(8)14)13(16-15)10-6-7-17-9(10)2/h3-7,13,16H,15H2,1-2H3. The van der Waals surface area contributed by atoms with Crippen molar-refractivity contribution in [2.75, 3.05) is 0 Å². The minimum atomic E-state index is 0.0769. The molecule has 2 nitrogen and oxygen atoms in total. The Morgan fingerprint density at radius 1 is 1.24 bits per heavy atom. The fourth-order valence-electron chi connectivity index (χ4n) is 1.93. The van der Waals surface area contributed by atoms with Crippen molar-refractivity contribution in [2.45, 2.75) is 19.9 Å². The normalized spacial score (nSPS) is 12.7. The first-order valence-corrected chi connectivity index (χ1v) is 7.36. The zero-order valence-electron chi connectivity index (χ0n) is 9.83. The van der Waals surface area contributed by atoms with E-state index < -0.39 is 0 Å². The van der Waals surface area contributed by atoms with Crippen LogP contribution in [-0.4, -0.2) is 0 Å². The van der Waals surface area contributed by atoms with Gasteiger partial charge in [0.25, 0.3) is 0 Å². The van der Waals surface area contributed by atoms with Gasteiger partial charge in [-0.05, 0) is 64.6 Å². The summed E-state index contributed by atoms with van der Waals surface area (Å²) in [4.78, 5) is 1.31. The Bertz CT molecular complexity index is 522. The molecule has 0 radical (unpaired) electrons. The molecule has 1 atom stereocenters. The Morgan fingerprint density at radius 3 is 2.59 bits per heavy atom. The van der Waals surface area contributed by atoms with Crippen molar-refractivity contribution in [1.82, 2.24) is 5.43 Å². The van der Waals surface area contributed by atoms with E-state index in [4.69, 9.17) is 5.84 Å². The number of nitrogens with two attached hydrogens (primary N) is 1. The van der Waals surface area contributed by atoms with Crippen LogP contribution in [0.15, 0.2) is 29.6 Å². The molecule has 4 heteroatoms. The fourth-order valence-corrected chi connectivity index (χ4v) is 3.35. The van der Waals surface area contributed by atoms with Gasteiger partial charge in [-0.25, -0.2) is 5.43 Å². The number of benzene rings is 1. The predicted octanol–water partition coefficient (Wildman–Crippen LogP) is 3.52. The van der Waals surface area contributed by atoms with Crippen molar-refractivity contribution >= 4 is 33.9 Å². The average Bonchev–Trinajstić information content (AvgIpc) is 2.72. The topological polar surface area (TPSA) is 38.0 Å². The van der Waals surface area contributed by atoms with Gasteiger partial charge in [-0.2, -0.15) is 0 Å². The van der Waals surface area contributed by atoms with Gasteiger partial charge >= 0.3 is 0 Å². The first-order chi connectivity index (χ1) is 8.15. The Hall–Kier alpha value is -0.430. The molecule has 0 amide bonds. The molecule has 0 bridgehead atoms. The molecule has 1 aromatic carbocycles. The van der Waals surface area contributed by atoms with Gasteiger partial charge < -0.3 is 0 Å². The molecule has 1 heterocycles. The summed E-state index contributed by atoms with van der Waals surface area (Å²) in [5, 5.41) is 2.11. The van der Waals surface area contributed by atoms with Crippen molar-refractivity contribution in [3.05, 3.63) is 54.8 Å². The van der Waals surface area contributed by atoms with E-state index in [2.05, 4.69) is 71.5 Å². The van der Waals surface area contributed by atoms with E-state index in [1.54, 1.807) is 11.3 Å². The molecule has 1 unspecified atom stereocenters. The van der Waals surface area contributed by atoms with E-state index in [9.17, 15) is 0 Å². The van der Waals surface area contributed by atoms with Crippen LogP contribution in [0.2, 0.25) is 0 Å². The molecule has 2 rings (SSSR count). The van der Waals surface area contributed by atoms with Crippen molar-refractivity contribution in [1.29, 1.82) is 0 Å². The van der Waals surface area contributed by atoms with E-state index in [1.807, 2.05) is 0 Å². The molecule has 90 valence electrons. The SMILES string of the molecule is Cc1cccc(C(NN)c2ccsc2C)c1I. The van der Waals surface area contributed by atoms with Crippen LogP contribution >= 0.6 is 33.9 Å². The van der Waals surface area contributed by atoms with Crippen molar-refractivity contribution in [3.8, 4) is 0 Å². The maximum atomic E-state index is 5.74. The highest BCUT2D eigenvalue weighted by Crippen LogP contribution is 2.31. The lowest BCUT2D eigenvalue weighted by Crippen LogP contribution is -2.29. The van der Waals surface area contributed by atoms with Crippen LogP contribution in [0.1, 0.15) is 27.6 Å². The van der Waals surface area contributed by atoms with Gasteiger partial charge in [-0.1, -0.05) is 18.2 Å². The number of rotatable bonds is 3. The molecular formula is C13H15IN2S. The van der Waals surface area contributed by atoms with Crippen LogP contribution in [0.25, 0.3) is 0 Å². The summed E-state index contributed by atoms with van der Waals surface area (Å²) in [7, 11) is 0. The smallest absolute Gasteiger partial charge is 0.0731 e. The molecule has 17 heavy (non-hydrogen) atoms. The number of hydrazine groups is 1. The predicted molar refractivity (Wildman–Crippen MR) is 82.1 cm³/mol. The maximum Gasteiger partial charge on any atom is 0.0731 e.